The van der Waals surface area contributed by atoms with Gasteiger partial charge in [-0.2, -0.15) is 8.78 Å². The summed E-state index contributed by atoms with van der Waals surface area (Å²) in [5, 5.41) is 2.04. The number of halogens is 4. The van der Waals surface area contributed by atoms with E-state index in [1.165, 1.54) is 7.11 Å². The molecule has 1 N–H and O–H groups in total. The summed E-state index contributed by atoms with van der Waals surface area (Å²) in [6.07, 6.45) is -2.50. The van der Waals surface area contributed by atoms with Crippen LogP contribution in [0.2, 0.25) is 0 Å². The molecule has 1 atom stereocenters. The normalized spacial score (nSPS) is 16.7. The third-order valence-corrected chi connectivity index (χ3v) is 3.43. The summed E-state index contributed by atoms with van der Waals surface area (Å²) in [4.78, 5) is 11.4. The van der Waals surface area contributed by atoms with Gasteiger partial charge in [-0.3, -0.25) is 4.79 Å². The highest BCUT2D eigenvalue weighted by Crippen LogP contribution is 2.42. The monoisotopic (exact) mass is 305 g/mol. The number of carbonyl (C=O) groups excluding carboxylic acids is 1. The molecule has 0 saturated heterocycles. The summed E-state index contributed by atoms with van der Waals surface area (Å²) in [6.45, 7) is 0. The Morgan fingerprint density at radius 1 is 1.29 bits per heavy atom. The number of carbonyl (C=O) groups is 1. The van der Waals surface area contributed by atoms with Crippen LogP contribution >= 0.6 is 0 Å². The van der Waals surface area contributed by atoms with E-state index in [1.54, 1.807) is 24.3 Å². The molecular weight excluding hydrogens is 290 g/mol. The Morgan fingerprint density at radius 2 is 1.86 bits per heavy atom. The number of ether oxygens (including phenoxy) is 1. The lowest BCUT2D eigenvalue weighted by molar-refractivity contribution is -0.170. The highest BCUT2D eigenvalue weighted by atomic mass is 19.3. The van der Waals surface area contributed by atoms with Gasteiger partial charge < -0.3 is 10.1 Å². The Labute approximate surface area is 119 Å². The minimum absolute atomic E-state index is 0.00387. The van der Waals surface area contributed by atoms with Crippen molar-refractivity contribution in [3.8, 4) is 5.75 Å². The van der Waals surface area contributed by atoms with Gasteiger partial charge in [0, 0.05) is 0 Å². The van der Waals surface area contributed by atoms with Gasteiger partial charge in [-0.15, -0.1) is 0 Å². The summed E-state index contributed by atoms with van der Waals surface area (Å²) in [5.74, 6) is -6.04. The van der Waals surface area contributed by atoms with Crippen molar-refractivity contribution in [2.24, 2.45) is 5.92 Å². The average molecular weight is 305 g/mol. The van der Waals surface area contributed by atoms with E-state index in [2.05, 4.69) is 0 Å². The van der Waals surface area contributed by atoms with Crippen LogP contribution in [0.15, 0.2) is 24.3 Å². The fourth-order valence-electron chi connectivity index (χ4n) is 2.05. The molecule has 3 nitrogen and oxygen atoms in total. The van der Waals surface area contributed by atoms with Crippen LogP contribution in [0.25, 0.3) is 0 Å². The van der Waals surface area contributed by atoms with E-state index in [1.807, 2.05) is 5.32 Å². The molecule has 1 aromatic rings. The molecule has 0 aliphatic heterocycles. The molecule has 116 valence electrons. The second kappa shape index (κ2) is 5.91. The Bertz CT molecular complexity index is 500. The quantitative estimate of drug-likeness (QED) is 0.820. The second-order valence-corrected chi connectivity index (χ2v) is 4.99. The highest BCUT2D eigenvalue weighted by molar-refractivity contribution is 5.84. The molecule has 1 aliphatic carbocycles. The van der Waals surface area contributed by atoms with Crippen LogP contribution in [0.1, 0.15) is 24.4 Å². The zero-order valence-electron chi connectivity index (χ0n) is 11.3. The molecule has 0 radical (unpaired) electrons. The van der Waals surface area contributed by atoms with Crippen molar-refractivity contribution in [2.75, 3.05) is 7.11 Å². The zero-order valence-corrected chi connectivity index (χ0v) is 11.3. The topological polar surface area (TPSA) is 38.3 Å². The number of alkyl halides is 4. The van der Waals surface area contributed by atoms with Crippen LogP contribution in [0.3, 0.4) is 0 Å². The fourth-order valence-corrected chi connectivity index (χ4v) is 2.05. The molecule has 1 aliphatic rings. The fraction of sp³-hybridized carbons (Fsp3) is 0.500. The van der Waals surface area contributed by atoms with Gasteiger partial charge in [0.2, 0.25) is 0 Å². The van der Waals surface area contributed by atoms with Crippen molar-refractivity contribution in [1.82, 2.24) is 5.32 Å². The van der Waals surface area contributed by atoms with Crippen molar-refractivity contribution in [3.05, 3.63) is 29.8 Å². The summed E-state index contributed by atoms with van der Waals surface area (Å²) in [6, 6.07) is 5.82. The molecule has 1 saturated carbocycles. The molecule has 1 unspecified atom stereocenters. The van der Waals surface area contributed by atoms with Gasteiger partial charge in [0.25, 0.3) is 5.91 Å². The van der Waals surface area contributed by atoms with Gasteiger partial charge >= 0.3 is 12.3 Å². The van der Waals surface area contributed by atoms with Crippen LogP contribution in [0, 0.1) is 5.92 Å². The highest BCUT2D eigenvalue weighted by Gasteiger charge is 2.50. The van der Waals surface area contributed by atoms with Crippen LogP contribution < -0.4 is 10.1 Å². The first-order valence-corrected chi connectivity index (χ1v) is 6.47. The average Bonchev–Trinajstić information content (AvgIpc) is 3.29. The van der Waals surface area contributed by atoms with Crippen LogP contribution in [0.4, 0.5) is 17.6 Å². The van der Waals surface area contributed by atoms with Gasteiger partial charge in [-0.1, -0.05) is 12.1 Å². The second-order valence-electron chi connectivity index (χ2n) is 4.99. The Morgan fingerprint density at radius 3 is 2.29 bits per heavy atom. The van der Waals surface area contributed by atoms with Gasteiger partial charge in [-0.05, 0) is 36.5 Å². The predicted molar refractivity (Wildman–Crippen MR) is 67.6 cm³/mol. The lowest BCUT2D eigenvalue weighted by atomic mass is 10.0. The molecule has 2 rings (SSSR count). The first-order chi connectivity index (χ1) is 9.86. The molecule has 0 bridgehead atoms. The minimum atomic E-state index is -4.68. The lowest BCUT2D eigenvalue weighted by Crippen LogP contribution is -2.46. The number of hydrogen-bond donors (Lipinski definition) is 1. The SMILES string of the molecule is COc1ccc(C(NC(=O)C(F)(F)C(F)F)C2CC2)cc1. The smallest absolute Gasteiger partial charge is 0.383 e. The van der Waals surface area contributed by atoms with Gasteiger partial charge in [0.1, 0.15) is 5.75 Å². The van der Waals surface area contributed by atoms with Crippen LogP contribution in [-0.2, 0) is 4.79 Å². The van der Waals surface area contributed by atoms with Crippen molar-refractivity contribution in [1.29, 1.82) is 0 Å². The standard InChI is InChI=1S/C14H15F4NO2/c1-21-10-6-4-9(5-7-10)11(8-2-3-8)19-13(20)14(17,18)12(15)16/h4-8,11-12H,2-3H2,1H3,(H,19,20). The maximum atomic E-state index is 13.0. The summed E-state index contributed by atoms with van der Waals surface area (Å²) in [7, 11) is 1.48. The molecule has 1 amide bonds. The lowest BCUT2D eigenvalue weighted by Gasteiger charge is -2.22. The Hall–Kier alpha value is -1.79. The third-order valence-electron chi connectivity index (χ3n) is 3.43. The van der Waals surface area contributed by atoms with E-state index < -0.39 is 24.3 Å². The molecule has 1 fully saturated rings. The maximum Gasteiger partial charge on any atom is 0.383 e. The van der Waals surface area contributed by atoms with E-state index in [9.17, 15) is 22.4 Å². The van der Waals surface area contributed by atoms with Crippen molar-refractivity contribution >= 4 is 5.91 Å². The maximum absolute atomic E-state index is 13.0. The number of nitrogens with one attached hydrogen (secondary N) is 1. The van der Waals surface area contributed by atoms with E-state index in [0.717, 1.165) is 12.8 Å². The molecular formula is C14H15F4NO2. The number of rotatable bonds is 6. The predicted octanol–water partition coefficient (Wildman–Crippen LogP) is 3.16. The number of amides is 1. The zero-order chi connectivity index (χ0) is 15.6. The molecule has 1 aromatic carbocycles. The van der Waals surface area contributed by atoms with Gasteiger partial charge in [0.15, 0.2) is 0 Å². The first-order valence-electron chi connectivity index (χ1n) is 6.47. The van der Waals surface area contributed by atoms with Crippen LogP contribution in [0.5, 0.6) is 5.75 Å². The molecule has 0 aromatic heterocycles. The molecule has 21 heavy (non-hydrogen) atoms. The summed E-state index contributed by atoms with van der Waals surface area (Å²) < 4.78 is 55.5. The van der Waals surface area contributed by atoms with E-state index in [4.69, 9.17) is 4.74 Å². The number of methoxy groups -OCH3 is 1. The number of hydrogen-bond acceptors (Lipinski definition) is 2. The number of benzene rings is 1. The largest absolute Gasteiger partial charge is 0.497 e. The summed E-state index contributed by atoms with van der Waals surface area (Å²) >= 11 is 0. The van der Waals surface area contributed by atoms with E-state index in [0.29, 0.717) is 11.3 Å². The molecule has 0 spiro atoms. The molecule has 0 heterocycles. The van der Waals surface area contributed by atoms with E-state index in [-0.39, 0.29) is 5.92 Å². The first kappa shape index (κ1) is 15.6. The van der Waals surface area contributed by atoms with Gasteiger partial charge in [-0.25, -0.2) is 8.78 Å². The third kappa shape index (κ3) is 3.46. The Kier molecular flexibility index (Phi) is 4.39. The van der Waals surface area contributed by atoms with E-state index >= 15 is 0 Å². The Balaban J connectivity index is 2.14. The van der Waals surface area contributed by atoms with Crippen molar-refractivity contribution in [3.63, 3.8) is 0 Å². The van der Waals surface area contributed by atoms with Crippen LogP contribution in [-0.4, -0.2) is 25.4 Å². The van der Waals surface area contributed by atoms with Crippen molar-refractivity contribution < 1.29 is 27.1 Å². The summed E-state index contributed by atoms with van der Waals surface area (Å²) in [5.41, 5.74) is 0.594. The molecule has 7 heteroatoms. The van der Waals surface area contributed by atoms with Gasteiger partial charge in [0.05, 0.1) is 13.2 Å². The van der Waals surface area contributed by atoms with Crippen molar-refractivity contribution in [2.45, 2.75) is 31.2 Å². The minimum Gasteiger partial charge on any atom is -0.497 e.